The summed E-state index contributed by atoms with van der Waals surface area (Å²) in [6, 6.07) is 13.8. The number of aromatic amines is 1. The van der Waals surface area contributed by atoms with Gasteiger partial charge >= 0.3 is 0 Å². The van der Waals surface area contributed by atoms with Gasteiger partial charge in [-0.25, -0.2) is 0 Å². The standard InChI is InChI=1S/C14H17FO2.C14H17N3.C2H6/c1-10-8-11(14(9-16)6-7-14)4-5-12(10)17-13(2,3)15;1-14(2,3)13-7-9-10(8-15)11(16-4)5-6-12(9)17-13;1-2/h4-5,8-9H,6-7H2,1-3H3;5-7,16-17H,1-4H3;1-2H3. The molecular weight excluding hydrogens is 453 g/mol. The van der Waals surface area contributed by atoms with Crippen molar-refractivity contribution in [1.29, 1.82) is 5.26 Å². The number of hydrogen-bond donors (Lipinski definition) is 2. The van der Waals surface area contributed by atoms with E-state index in [4.69, 9.17) is 4.74 Å². The number of nitriles is 1. The fourth-order valence-corrected chi connectivity index (χ4v) is 3.88. The maximum Gasteiger partial charge on any atom is 0.242 e. The summed E-state index contributed by atoms with van der Waals surface area (Å²) >= 11 is 0. The Morgan fingerprint density at radius 1 is 1.11 bits per heavy atom. The first kappa shape index (κ1) is 28.9. The molecule has 1 fully saturated rings. The smallest absolute Gasteiger partial charge is 0.242 e. The number of fused-ring (bicyclic) bond motifs is 1. The number of ether oxygens (including phenoxy) is 1. The van der Waals surface area contributed by atoms with Crippen LogP contribution in [-0.2, 0) is 15.6 Å². The lowest BCUT2D eigenvalue weighted by atomic mass is 9.92. The lowest BCUT2D eigenvalue weighted by molar-refractivity contribution is -0.109. The molecule has 36 heavy (non-hydrogen) atoms. The molecule has 1 aliphatic carbocycles. The van der Waals surface area contributed by atoms with Crippen LogP contribution >= 0.6 is 0 Å². The Kier molecular flexibility index (Phi) is 8.96. The predicted octanol–water partition coefficient (Wildman–Crippen LogP) is 7.71. The Morgan fingerprint density at radius 2 is 1.75 bits per heavy atom. The van der Waals surface area contributed by atoms with E-state index in [0.717, 1.165) is 52.5 Å². The van der Waals surface area contributed by atoms with Crippen LogP contribution in [-0.4, -0.2) is 24.2 Å². The average Bonchev–Trinajstić information content (AvgIpc) is 3.50. The van der Waals surface area contributed by atoms with Crippen molar-refractivity contribution in [3.63, 3.8) is 0 Å². The number of nitrogens with one attached hydrogen (secondary N) is 2. The topological polar surface area (TPSA) is 77.9 Å². The summed E-state index contributed by atoms with van der Waals surface area (Å²) in [4.78, 5) is 14.4. The number of halogens is 1. The van der Waals surface area contributed by atoms with Gasteiger partial charge in [0.05, 0.1) is 16.7 Å². The van der Waals surface area contributed by atoms with Gasteiger partial charge in [-0.1, -0.05) is 46.8 Å². The first-order chi connectivity index (χ1) is 16.8. The van der Waals surface area contributed by atoms with Crippen LogP contribution in [0, 0.1) is 18.3 Å². The van der Waals surface area contributed by atoms with E-state index in [1.165, 1.54) is 13.8 Å². The second-order valence-corrected chi connectivity index (χ2v) is 10.5. The normalized spacial score (nSPS) is 13.9. The number of aromatic nitrogens is 1. The SMILES string of the molecule is CC.CNc1ccc2[nH]c(C(C)(C)C)cc2c1C#N.Cc1cc(C2(C=O)CC2)ccc1OC(C)(C)F. The summed E-state index contributed by atoms with van der Waals surface area (Å²) in [5.41, 5.74) is 5.40. The molecule has 0 aliphatic heterocycles. The maximum absolute atomic E-state index is 13.4. The first-order valence-corrected chi connectivity index (χ1v) is 12.5. The molecule has 1 saturated carbocycles. The highest BCUT2D eigenvalue weighted by molar-refractivity contribution is 5.91. The van der Waals surface area contributed by atoms with Gasteiger partial charge in [0.1, 0.15) is 18.1 Å². The Morgan fingerprint density at radius 3 is 2.19 bits per heavy atom. The average molecular weight is 494 g/mol. The molecule has 5 nitrogen and oxygen atoms in total. The molecule has 2 aromatic carbocycles. The minimum Gasteiger partial charge on any atom is -0.458 e. The number of carbonyl (C=O) groups excluding carboxylic acids is 1. The fourth-order valence-electron chi connectivity index (χ4n) is 3.88. The van der Waals surface area contributed by atoms with Crippen molar-refractivity contribution >= 4 is 22.9 Å². The number of H-pyrrole nitrogens is 1. The van der Waals surface area contributed by atoms with Crippen LogP contribution in [0.2, 0.25) is 0 Å². The fraction of sp³-hybridized carbons (Fsp3) is 0.467. The highest BCUT2D eigenvalue weighted by Crippen LogP contribution is 2.47. The van der Waals surface area contributed by atoms with Crippen LogP contribution in [0.25, 0.3) is 10.9 Å². The predicted molar refractivity (Wildman–Crippen MR) is 147 cm³/mol. The zero-order valence-electron chi connectivity index (χ0n) is 23.1. The van der Waals surface area contributed by atoms with Crippen LogP contribution in [0.4, 0.5) is 10.1 Å². The van der Waals surface area contributed by atoms with Crippen molar-refractivity contribution in [3.05, 3.63) is 58.8 Å². The number of carbonyl (C=O) groups is 1. The summed E-state index contributed by atoms with van der Waals surface area (Å²) in [5.74, 6) is -1.16. The lowest BCUT2D eigenvalue weighted by Crippen LogP contribution is -2.21. The lowest BCUT2D eigenvalue weighted by Gasteiger charge is -2.19. The Bertz CT molecular complexity index is 1240. The Labute approximate surface area is 215 Å². The highest BCUT2D eigenvalue weighted by atomic mass is 19.2. The van der Waals surface area contributed by atoms with Gasteiger partial charge in [-0.2, -0.15) is 9.65 Å². The number of aldehydes is 1. The van der Waals surface area contributed by atoms with Gasteiger partial charge in [0, 0.05) is 42.9 Å². The quantitative estimate of drug-likeness (QED) is 0.357. The van der Waals surface area contributed by atoms with Crippen molar-refractivity contribution in [3.8, 4) is 11.8 Å². The molecule has 4 rings (SSSR count). The van der Waals surface area contributed by atoms with Gasteiger partial charge in [-0.05, 0) is 55.2 Å². The number of alkyl halides is 1. The molecule has 0 radical (unpaired) electrons. The third-order valence-electron chi connectivity index (χ3n) is 6.11. The van der Waals surface area contributed by atoms with Crippen LogP contribution in [0.15, 0.2) is 36.4 Å². The van der Waals surface area contributed by atoms with Crippen LogP contribution < -0.4 is 10.1 Å². The minimum atomic E-state index is -1.69. The molecule has 1 aliphatic rings. The van der Waals surface area contributed by atoms with Gasteiger partial charge < -0.3 is 19.8 Å². The molecule has 0 spiro atoms. The van der Waals surface area contributed by atoms with Gasteiger partial charge in [0.25, 0.3) is 0 Å². The van der Waals surface area contributed by atoms with Gasteiger partial charge in [0.2, 0.25) is 5.85 Å². The molecule has 194 valence electrons. The third kappa shape index (κ3) is 6.66. The van der Waals surface area contributed by atoms with E-state index in [1.807, 2.05) is 52.1 Å². The minimum absolute atomic E-state index is 0.0611. The molecule has 0 unspecified atom stereocenters. The second kappa shape index (κ2) is 11.2. The molecule has 0 atom stereocenters. The summed E-state index contributed by atoms with van der Waals surface area (Å²) in [6.07, 6.45) is 2.83. The maximum atomic E-state index is 13.4. The molecular formula is C30H40FN3O2. The monoisotopic (exact) mass is 493 g/mol. The zero-order valence-corrected chi connectivity index (χ0v) is 23.1. The number of rotatable bonds is 5. The van der Waals surface area contributed by atoms with E-state index in [9.17, 15) is 14.4 Å². The van der Waals surface area contributed by atoms with E-state index in [-0.39, 0.29) is 10.8 Å². The van der Waals surface area contributed by atoms with E-state index in [2.05, 4.69) is 43.2 Å². The van der Waals surface area contributed by atoms with E-state index < -0.39 is 5.85 Å². The van der Waals surface area contributed by atoms with Crippen molar-refractivity contribution in [1.82, 2.24) is 4.98 Å². The number of hydrogen-bond acceptors (Lipinski definition) is 4. The molecule has 0 bridgehead atoms. The third-order valence-corrected chi connectivity index (χ3v) is 6.11. The highest BCUT2D eigenvalue weighted by Gasteiger charge is 2.44. The van der Waals surface area contributed by atoms with E-state index in [0.29, 0.717) is 11.3 Å². The number of benzene rings is 2. The molecule has 2 N–H and O–H groups in total. The number of aryl methyl sites for hydroxylation is 1. The van der Waals surface area contributed by atoms with Crippen LogP contribution in [0.3, 0.4) is 0 Å². The Hall–Kier alpha value is -3.33. The molecule has 1 heterocycles. The summed E-state index contributed by atoms with van der Waals surface area (Å²) in [7, 11) is 1.83. The summed E-state index contributed by atoms with van der Waals surface area (Å²) < 4.78 is 18.6. The molecule has 6 heteroatoms. The summed E-state index contributed by atoms with van der Waals surface area (Å²) in [6.45, 7) is 15.1. The van der Waals surface area contributed by atoms with E-state index >= 15 is 0 Å². The van der Waals surface area contributed by atoms with Crippen LogP contribution in [0.1, 0.15) is 83.7 Å². The first-order valence-electron chi connectivity index (χ1n) is 12.5. The van der Waals surface area contributed by atoms with Crippen molar-refractivity contribution < 1.29 is 13.9 Å². The molecule has 3 aromatic rings. The van der Waals surface area contributed by atoms with Crippen molar-refractivity contribution in [2.24, 2.45) is 0 Å². The summed E-state index contributed by atoms with van der Waals surface area (Å²) in [5, 5.41) is 13.3. The molecule has 1 aromatic heterocycles. The van der Waals surface area contributed by atoms with E-state index in [1.54, 1.807) is 6.07 Å². The van der Waals surface area contributed by atoms with Crippen molar-refractivity contribution in [2.45, 2.75) is 84.9 Å². The number of anilines is 1. The van der Waals surface area contributed by atoms with Gasteiger partial charge in [-0.3, -0.25) is 0 Å². The van der Waals surface area contributed by atoms with Crippen molar-refractivity contribution in [2.75, 3.05) is 12.4 Å². The van der Waals surface area contributed by atoms with Crippen LogP contribution in [0.5, 0.6) is 5.75 Å². The zero-order chi connectivity index (χ0) is 27.3. The van der Waals surface area contributed by atoms with Gasteiger partial charge in [-0.15, -0.1) is 0 Å². The molecule has 0 amide bonds. The Balaban J connectivity index is 0.000000237. The largest absolute Gasteiger partial charge is 0.458 e. The number of nitrogens with zero attached hydrogens (tertiary/aromatic N) is 1. The second-order valence-electron chi connectivity index (χ2n) is 10.5. The molecule has 0 saturated heterocycles. The van der Waals surface area contributed by atoms with Gasteiger partial charge in [0.15, 0.2) is 0 Å².